The minimum Gasteiger partial charge on any atom is -0.484 e. The quantitative estimate of drug-likeness (QED) is 0.512. The van der Waals surface area contributed by atoms with E-state index in [9.17, 15) is 4.79 Å². The normalized spacial score (nSPS) is 10.4. The van der Waals surface area contributed by atoms with Crippen molar-refractivity contribution in [2.24, 2.45) is 0 Å². The van der Waals surface area contributed by atoms with Gasteiger partial charge in [-0.1, -0.05) is 30.3 Å². The average molecular weight is 387 g/mol. The van der Waals surface area contributed by atoms with E-state index in [2.05, 4.69) is 10.3 Å². The van der Waals surface area contributed by atoms with E-state index in [4.69, 9.17) is 9.72 Å². The Morgan fingerprint density at radius 3 is 2.61 bits per heavy atom. The number of nitrogens with zero attached hydrogens (tertiary/aromatic N) is 2. The zero-order valence-electron chi connectivity index (χ0n) is 14.9. The van der Waals surface area contributed by atoms with Crippen molar-refractivity contribution >= 4 is 22.9 Å². The number of amides is 1. The standard InChI is InChI=1S/C22H17N3O2S/c26-21(14-27-19-7-2-1-3-8-19)24-18-6-4-5-17(13-18)20-15-28-22(25-20)16-9-11-23-12-10-16/h1-13,15H,14H2,(H,24,26). The molecule has 1 amide bonds. The lowest BCUT2D eigenvalue weighted by atomic mass is 10.1. The molecule has 1 N–H and O–H groups in total. The molecule has 5 nitrogen and oxygen atoms in total. The zero-order valence-corrected chi connectivity index (χ0v) is 15.7. The molecular weight excluding hydrogens is 370 g/mol. The summed E-state index contributed by atoms with van der Waals surface area (Å²) in [5.41, 5.74) is 3.55. The molecule has 2 aromatic carbocycles. The molecule has 0 saturated carbocycles. The van der Waals surface area contributed by atoms with Crippen molar-refractivity contribution in [3.63, 3.8) is 0 Å². The van der Waals surface area contributed by atoms with E-state index in [0.29, 0.717) is 11.4 Å². The van der Waals surface area contributed by atoms with Crippen LogP contribution in [-0.4, -0.2) is 22.5 Å². The molecule has 6 heteroatoms. The van der Waals surface area contributed by atoms with Crippen molar-refractivity contribution in [3.8, 4) is 27.6 Å². The van der Waals surface area contributed by atoms with Crippen LogP contribution in [0.15, 0.2) is 84.5 Å². The maximum Gasteiger partial charge on any atom is 0.262 e. The van der Waals surface area contributed by atoms with Gasteiger partial charge in [0.15, 0.2) is 6.61 Å². The molecule has 2 heterocycles. The second-order valence-corrected chi connectivity index (χ2v) is 6.86. The number of ether oxygens (including phenoxy) is 1. The van der Waals surface area contributed by atoms with Crippen LogP contribution in [0.5, 0.6) is 5.75 Å². The minimum absolute atomic E-state index is 0.0445. The van der Waals surface area contributed by atoms with Crippen LogP contribution in [0.4, 0.5) is 5.69 Å². The van der Waals surface area contributed by atoms with Crippen molar-refractivity contribution in [2.45, 2.75) is 0 Å². The summed E-state index contributed by atoms with van der Waals surface area (Å²) in [6.07, 6.45) is 3.51. The molecule has 0 bridgehead atoms. The van der Waals surface area contributed by atoms with E-state index in [0.717, 1.165) is 21.8 Å². The SMILES string of the molecule is O=C(COc1ccccc1)Nc1cccc(-c2csc(-c3ccncc3)n2)c1. The van der Waals surface area contributed by atoms with Gasteiger partial charge in [-0.05, 0) is 36.4 Å². The minimum atomic E-state index is -0.211. The predicted octanol–water partition coefficient (Wildman–Crippen LogP) is 4.89. The molecule has 0 aliphatic rings. The van der Waals surface area contributed by atoms with Crippen LogP contribution in [0, 0.1) is 0 Å². The van der Waals surface area contributed by atoms with Gasteiger partial charge in [0.2, 0.25) is 0 Å². The van der Waals surface area contributed by atoms with Crippen molar-refractivity contribution in [3.05, 3.63) is 84.5 Å². The lowest BCUT2D eigenvalue weighted by molar-refractivity contribution is -0.118. The highest BCUT2D eigenvalue weighted by molar-refractivity contribution is 7.13. The summed E-state index contributed by atoms with van der Waals surface area (Å²) in [6.45, 7) is -0.0445. The highest BCUT2D eigenvalue weighted by atomic mass is 32.1. The third kappa shape index (κ3) is 4.42. The Hall–Kier alpha value is -3.51. The van der Waals surface area contributed by atoms with Crippen LogP contribution >= 0.6 is 11.3 Å². The Bertz CT molecular complexity index is 1070. The molecule has 28 heavy (non-hydrogen) atoms. The maximum atomic E-state index is 12.2. The first kappa shape index (κ1) is 17.9. The van der Waals surface area contributed by atoms with E-state index in [1.54, 1.807) is 23.7 Å². The van der Waals surface area contributed by atoms with Gasteiger partial charge in [0.25, 0.3) is 5.91 Å². The fourth-order valence-electron chi connectivity index (χ4n) is 2.65. The molecule has 0 radical (unpaired) electrons. The summed E-state index contributed by atoms with van der Waals surface area (Å²) in [7, 11) is 0. The van der Waals surface area contributed by atoms with Crippen molar-refractivity contribution in [2.75, 3.05) is 11.9 Å². The van der Waals surface area contributed by atoms with Crippen LogP contribution < -0.4 is 10.1 Å². The third-order valence-electron chi connectivity index (χ3n) is 3.99. The summed E-state index contributed by atoms with van der Waals surface area (Å²) in [5, 5.41) is 5.81. The lowest BCUT2D eigenvalue weighted by Crippen LogP contribution is -2.20. The van der Waals surface area contributed by atoms with E-state index in [-0.39, 0.29) is 12.5 Å². The topological polar surface area (TPSA) is 64.1 Å². The van der Waals surface area contributed by atoms with Crippen molar-refractivity contribution in [1.82, 2.24) is 9.97 Å². The van der Waals surface area contributed by atoms with Crippen LogP contribution in [-0.2, 0) is 4.79 Å². The number of para-hydroxylation sites is 1. The number of hydrogen-bond acceptors (Lipinski definition) is 5. The number of rotatable bonds is 6. The molecule has 0 unspecified atom stereocenters. The van der Waals surface area contributed by atoms with Crippen LogP contribution in [0.2, 0.25) is 0 Å². The number of nitrogens with one attached hydrogen (secondary N) is 1. The van der Waals surface area contributed by atoms with Crippen molar-refractivity contribution < 1.29 is 9.53 Å². The molecule has 4 rings (SSSR count). The fourth-order valence-corrected chi connectivity index (χ4v) is 3.49. The van der Waals surface area contributed by atoms with E-state index < -0.39 is 0 Å². The Morgan fingerprint density at radius 1 is 0.964 bits per heavy atom. The monoisotopic (exact) mass is 387 g/mol. The van der Waals surface area contributed by atoms with Gasteiger partial charge >= 0.3 is 0 Å². The van der Waals surface area contributed by atoms with Gasteiger partial charge in [-0.25, -0.2) is 4.98 Å². The van der Waals surface area contributed by atoms with Crippen LogP contribution in [0.1, 0.15) is 0 Å². The van der Waals surface area contributed by atoms with Gasteiger partial charge < -0.3 is 10.1 Å². The molecular formula is C22H17N3O2S. The first-order valence-corrected chi connectivity index (χ1v) is 9.60. The molecule has 2 aromatic heterocycles. The molecule has 0 atom stereocenters. The maximum absolute atomic E-state index is 12.2. The Kier molecular flexibility index (Phi) is 5.40. The molecule has 0 spiro atoms. The Morgan fingerprint density at radius 2 is 1.79 bits per heavy atom. The average Bonchev–Trinajstić information content (AvgIpc) is 3.24. The molecule has 138 valence electrons. The number of hydrogen-bond donors (Lipinski definition) is 1. The molecule has 4 aromatic rings. The molecule has 0 aliphatic heterocycles. The van der Waals surface area contributed by atoms with Gasteiger partial charge in [-0.3, -0.25) is 9.78 Å². The highest BCUT2D eigenvalue weighted by Gasteiger charge is 2.09. The summed E-state index contributed by atoms with van der Waals surface area (Å²) in [6, 6.07) is 20.8. The largest absolute Gasteiger partial charge is 0.484 e. The first-order valence-electron chi connectivity index (χ1n) is 8.72. The number of carbonyl (C=O) groups is 1. The Labute approximate surface area is 166 Å². The van der Waals surface area contributed by atoms with Gasteiger partial charge in [-0.2, -0.15) is 0 Å². The number of thiazole rings is 1. The third-order valence-corrected chi connectivity index (χ3v) is 4.88. The van der Waals surface area contributed by atoms with Gasteiger partial charge in [0, 0.05) is 34.6 Å². The van der Waals surface area contributed by atoms with Crippen molar-refractivity contribution in [1.29, 1.82) is 0 Å². The second-order valence-electron chi connectivity index (χ2n) is 6.00. The van der Waals surface area contributed by atoms with Gasteiger partial charge in [0.05, 0.1) is 5.69 Å². The van der Waals surface area contributed by atoms with Crippen LogP contribution in [0.3, 0.4) is 0 Å². The summed E-state index contributed by atoms with van der Waals surface area (Å²) in [4.78, 5) is 20.9. The van der Waals surface area contributed by atoms with E-state index in [1.165, 1.54) is 0 Å². The number of anilines is 1. The highest BCUT2D eigenvalue weighted by Crippen LogP contribution is 2.29. The smallest absolute Gasteiger partial charge is 0.262 e. The van der Waals surface area contributed by atoms with Gasteiger partial charge in [0.1, 0.15) is 10.8 Å². The number of carbonyl (C=O) groups excluding carboxylic acids is 1. The zero-order chi connectivity index (χ0) is 19.2. The number of benzene rings is 2. The summed E-state index contributed by atoms with van der Waals surface area (Å²) in [5.74, 6) is 0.453. The predicted molar refractivity (Wildman–Crippen MR) is 111 cm³/mol. The first-order chi connectivity index (χ1) is 13.8. The summed E-state index contributed by atoms with van der Waals surface area (Å²) < 4.78 is 5.48. The lowest BCUT2D eigenvalue weighted by Gasteiger charge is -2.08. The van der Waals surface area contributed by atoms with E-state index >= 15 is 0 Å². The van der Waals surface area contributed by atoms with Crippen LogP contribution in [0.25, 0.3) is 21.8 Å². The molecule has 0 fully saturated rings. The number of aromatic nitrogens is 2. The fraction of sp³-hybridized carbons (Fsp3) is 0.0455. The second kappa shape index (κ2) is 8.45. The molecule has 0 aliphatic carbocycles. The summed E-state index contributed by atoms with van der Waals surface area (Å²) >= 11 is 1.58. The number of pyridine rings is 1. The molecule has 0 saturated heterocycles. The van der Waals surface area contributed by atoms with Gasteiger partial charge in [-0.15, -0.1) is 11.3 Å². The van der Waals surface area contributed by atoms with E-state index in [1.807, 2.05) is 72.1 Å². The Balaban J connectivity index is 1.43.